The summed E-state index contributed by atoms with van der Waals surface area (Å²) in [5.41, 5.74) is 7.36. The Kier molecular flexibility index (Phi) is 4.35. The molecule has 0 aromatic heterocycles. The third-order valence-electron chi connectivity index (χ3n) is 3.80. The summed E-state index contributed by atoms with van der Waals surface area (Å²) in [7, 11) is 0. The van der Waals surface area contributed by atoms with Crippen molar-refractivity contribution in [1.82, 2.24) is 0 Å². The van der Waals surface area contributed by atoms with Crippen molar-refractivity contribution in [2.24, 2.45) is 17.6 Å². The zero-order valence-electron chi connectivity index (χ0n) is 10.1. The van der Waals surface area contributed by atoms with Gasteiger partial charge in [0.25, 0.3) is 0 Å². The average molecular weight is 272 g/mol. The molecule has 1 aliphatic carbocycles. The average Bonchev–Trinajstić information content (AvgIpc) is 2.31. The Hall–Kier alpha value is -0.240. The van der Waals surface area contributed by atoms with Crippen LogP contribution in [0.2, 0.25) is 10.0 Å². The van der Waals surface area contributed by atoms with Gasteiger partial charge in [0.15, 0.2) is 0 Å². The van der Waals surface area contributed by atoms with Crippen LogP contribution in [0.15, 0.2) is 18.2 Å². The summed E-state index contributed by atoms with van der Waals surface area (Å²) < 4.78 is 0. The van der Waals surface area contributed by atoms with E-state index in [4.69, 9.17) is 28.9 Å². The van der Waals surface area contributed by atoms with E-state index in [1.54, 1.807) is 0 Å². The first-order valence-electron chi connectivity index (χ1n) is 6.28. The molecule has 0 radical (unpaired) electrons. The first-order valence-corrected chi connectivity index (χ1v) is 7.04. The van der Waals surface area contributed by atoms with Gasteiger partial charge in [-0.05, 0) is 48.4 Å². The van der Waals surface area contributed by atoms with Gasteiger partial charge < -0.3 is 5.73 Å². The van der Waals surface area contributed by atoms with Gasteiger partial charge in [-0.25, -0.2) is 0 Å². The number of hydrogen-bond acceptors (Lipinski definition) is 1. The van der Waals surface area contributed by atoms with Crippen LogP contribution in [-0.4, -0.2) is 0 Å². The smallest absolute Gasteiger partial charge is 0.0454 e. The van der Waals surface area contributed by atoms with Crippen LogP contribution in [0.25, 0.3) is 0 Å². The summed E-state index contributed by atoms with van der Waals surface area (Å²) in [6.45, 7) is 2.30. The maximum absolute atomic E-state index is 6.36. The van der Waals surface area contributed by atoms with Crippen LogP contribution < -0.4 is 5.73 Å². The molecule has 94 valence electrons. The zero-order valence-corrected chi connectivity index (χ0v) is 11.6. The van der Waals surface area contributed by atoms with Crippen LogP contribution >= 0.6 is 23.2 Å². The van der Waals surface area contributed by atoms with E-state index in [2.05, 4.69) is 6.92 Å². The van der Waals surface area contributed by atoms with Gasteiger partial charge in [-0.15, -0.1) is 0 Å². The summed E-state index contributed by atoms with van der Waals surface area (Å²) in [6, 6.07) is 5.58. The highest BCUT2D eigenvalue weighted by Gasteiger charge is 2.26. The standard InChI is InChI=1S/C14H19Cl2N/c1-9-3-2-4-10(7-9)14(17)12-8-11(15)5-6-13(12)16/h5-6,8-10,14H,2-4,7,17H2,1H3. The van der Waals surface area contributed by atoms with Gasteiger partial charge in [-0.1, -0.05) is 43.0 Å². The fourth-order valence-electron chi connectivity index (χ4n) is 2.83. The normalized spacial score (nSPS) is 26.8. The number of hydrogen-bond donors (Lipinski definition) is 1. The lowest BCUT2D eigenvalue weighted by Crippen LogP contribution is -2.26. The molecular weight excluding hydrogens is 253 g/mol. The third-order valence-corrected chi connectivity index (χ3v) is 4.38. The van der Waals surface area contributed by atoms with Crippen molar-refractivity contribution in [1.29, 1.82) is 0 Å². The summed E-state index contributed by atoms with van der Waals surface area (Å²) in [5, 5.41) is 1.45. The molecule has 1 nitrogen and oxygen atoms in total. The number of halogens is 2. The lowest BCUT2D eigenvalue weighted by atomic mass is 9.77. The molecule has 1 aromatic rings. The van der Waals surface area contributed by atoms with Crippen LogP contribution in [0.4, 0.5) is 0 Å². The minimum absolute atomic E-state index is 0.0175. The first kappa shape index (κ1) is 13.2. The van der Waals surface area contributed by atoms with E-state index in [-0.39, 0.29) is 6.04 Å². The molecule has 0 bridgehead atoms. The minimum atomic E-state index is 0.0175. The van der Waals surface area contributed by atoms with Gasteiger partial charge in [0.2, 0.25) is 0 Å². The number of benzene rings is 1. The van der Waals surface area contributed by atoms with Crippen LogP contribution in [0, 0.1) is 11.8 Å². The molecule has 1 aliphatic rings. The molecule has 0 saturated heterocycles. The molecule has 0 amide bonds. The van der Waals surface area contributed by atoms with E-state index in [9.17, 15) is 0 Å². The second kappa shape index (κ2) is 5.60. The predicted octanol–water partition coefficient (Wildman–Crippen LogP) is 4.82. The molecular formula is C14H19Cl2N. The van der Waals surface area contributed by atoms with E-state index >= 15 is 0 Å². The van der Waals surface area contributed by atoms with Crippen molar-refractivity contribution >= 4 is 23.2 Å². The van der Waals surface area contributed by atoms with Crippen molar-refractivity contribution in [2.75, 3.05) is 0 Å². The third kappa shape index (κ3) is 3.15. The molecule has 1 fully saturated rings. The van der Waals surface area contributed by atoms with Crippen molar-refractivity contribution in [3.05, 3.63) is 33.8 Å². The van der Waals surface area contributed by atoms with Crippen molar-refractivity contribution < 1.29 is 0 Å². The summed E-state index contributed by atoms with van der Waals surface area (Å²) in [4.78, 5) is 0. The van der Waals surface area contributed by atoms with E-state index in [1.165, 1.54) is 25.7 Å². The van der Waals surface area contributed by atoms with Crippen LogP contribution in [0.3, 0.4) is 0 Å². The van der Waals surface area contributed by atoms with E-state index in [1.807, 2.05) is 18.2 Å². The maximum atomic E-state index is 6.36. The van der Waals surface area contributed by atoms with Gasteiger partial charge in [0.1, 0.15) is 0 Å². The fourth-order valence-corrected chi connectivity index (χ4v) is 3.26. The van der Waals surface area contributed by atoms with E-state index < -0.39 is 0 Å². The zero-order chi connectivity index (χ0) is 12.4. The van der Waals surface area contributed by atoms with Crippen LogP contribution in [0.1, 0.15) is 44.2 Å². The van der Waals surface area contributed by atoms with Gasteiger partial charge >= 0.3 is 0 Å². The molecule has 17 heavy (non-hydrogen) atoms. The molecule has 0 spiro atoms. The van der Waals surface area contributed by atoms with Gasteiger partial charge in [0.05, 0.1) is 0 Å². The highest BCUT2D eigenvalue weighted by atomic mass is 35.5. The Morgan fingerprint density at radius 3 is 2.76 bits per heavy atom. The Morgan fingerprint density at radius 2 is 2.06 bits per heavy atom. The lowest BCUT2D eigenvalue weighted by Gasteiger charge is -2.31. The number of nitrogens with two attached hydrogens (primary N) is 1. The maximum Gasteiger partial charge on any atom is 0.0454 e. The van der Waals surface area contributed by atoms with Crippen molar-refractivity contribution in [3.63, 3.8) is 0 Å². The quantitative estimate of drug-likeness (QED) is 0.820. The molecule has 3 unspecified atom stereocenters. The van der Waals surface area contributed by atoms with Crippen LogP contribution in [-0.2, 0) is 0 Å². The van der Waals surface area contributed by atoms with Crippen molar-refractivity contribution in [3.8, 4) is 0 Å². The molecule has 1 saturated carbocycles. The second-order valence-corrected chi connectivity index (χ2v) is 6.07. The predicted molar refractivity (Wildman–Crippen MR) is 74.5 cm³/mol. The molecule has 3 atom stereocenters. The summed E-state index contributed by atoms with van der Waals surface area (Å²) >= 11 is 12.2. The largest absolute Gasteiger partial charge is 0.324 e. The van der Waals surface area contributed by atoms with Gasteiger partial charge in [0, 0.05) is 16.1 Å². The second-order valence-electron chi connectivity index (χ2n) is 5.22. The Bertz CT molecular complexity index is 392. The Morgan fingerprint density at radius 1 is 1.29 bits per heavy atom. The fraction of sp³-hybridized carbons (Fsp3) is 0.571. The topological polar surface area (TPSA) is 26.0 Å². The number of rotatable bonds is 2. The SMILES string of the molecule is CC1CCCC(C(N)c2cc(Cl)ccc2Cl)C1. The summed E-state index contributed by atoms with van der Waals surface area (Å²) in [6.07, 6.45) is 5.00. The minimum Gasteiger partial charge on any atom is -0.324 e. The first-order chi connectivity index (χ1) is 8.08. The van der Waals surface area contributed by atoms with Gasteiger partial charge in [-0.2, -0.15) is 0 Å². The highest BCUT2D eigenvalue weighted by Crippen LogP contribution is 2.38. The lowest BCUT2D eigenvalue weighted by molar-refractivity contribution is 0.248. The van der Waals surface area contributed by atoms with Gasteiger partial charge in [-0.3, -0.25) is 0 Å². The van der Waals surface area contributed by atoms with E-state index in [0.717, 1.165) is 16.5 Å². The molecule has 0 heterocycles. The molecule has 0 aliphatic heterocycles. The Labute approximate surface area is 113 Å². The molecule has 2 rings (SSSR count). The highest BCUT2D eigenvalue weighted by molar-refractivity contribution is 6.33. The van der Waals surface area contributed by atoms with E-state index in [0.29, 0.717) is 10.9 Å². The molecule has 3 heteroatoms. The van der Waals surface area contributed by atoms with Crippen molar-refractivity contribution in [2.45, 2.75) is 38.6 Å². The Balaban J connectivity index is 2.18. The molecule has 1 aromatic carbocycles. The molecule has 2 N–H and O–H groups in total. The monoisotopic (exact) mass is 271 g/mol. The summed E-state index contributed by atoms with van der Waals surface area (Å²) in [5.74, 6) is 1.31. The van der Waals surface area contributed by atoms with Crippen LogP contribution in [0.5, 0.6) is 0 Å².